The fourth-order valence-electron chi connectivity index (χ4n) is 1.65. The van der Waals surface area contributed by atoms with E-state index in [4.69, 9.17) is 4.74 Å². The summed E-state index contributed by atoms with van der Waals surface area (Å²) in [5.74, 6) is 0.680. The molecule has 0 aliphatic heterocycles. The molecule has 1 unspecified atom stereocenters. The second-order valence-electron chi connectivity index (χ2n) is 3.69. The Hall–Kier alpha value is -1.59. The first-order chi connectivity index (χ1) is 8.72. The molecule has 5 heteroatoms. The predicted octanol–water partition coefficient (Wildman–Crippen LogP) is 2.69. The van der Waals surface area contributed by atoms with Gasteiger partial charge in [-0.2, -0.15) is 0 Å². The molecule has 0 radical (unpaired) electrons. The summed E-state index contributed by atoms with van der Waals surface area (Å²) < 4.78 is 5.28. The van der Waals surface area contributed by atoms with Crippen molar-refractivity contribution in [2.24, 2.45) is 0 Å². The zero-order chi connectivity index (χ0) is 13.0. The minimum Gasteiger partial charge on any atom is -0.496 e. The van der Waals surface area contributed by atoms with E-state index in [2.05, 4.69) is 9.97 Å². The molecule has 4 nitrogen and oxygen atoms in total. The van der Waals surface area contributed by atoms with Crippen LogP contribution in [0.25, 0.3) is 0 Å². The summed E-state index contributed by atoms with van der Waals surface area (Å²) in [6.07, 6.45) is 4.37. The van der Waals surface area contributed by atoms with Gasteiger partial charge in [-0.15, -0.1) is 0 Å². The summed E-state index contributed by atoms with van der Waals surface area (Å²) in [5.41, 5.74) is 0.774. The number of hydrogen-bond acceptors (Lipinski definition) is 5. The molecule has 1 N–H and O–H groups in total. The molecule has 0 aliphatic rings. The van der Waals surface area contributed by atoms with Gasteiger partial charge in [0, 0.05) is 22.9 Å². The molecule has 0 amide bonds. The molecule has 0 bridgehead atoms. The summed E-state index contributed by atoms with van der Waals surface area (Å²) in [7, 11) is 1.60. The fraction of sp³-hybridized carbons (Fsp3) is 0.231. The topological polar surface area (TPSA) is 55.2 Å². The lowest BCUT2D eigenvalue weighted by Gasteiger charge is -2.15. The molecule has 0 fully saturated rings. The smallest absolute Gasteiger partial charge is 0.125 e. The Morgan fingerprint density at radius 3 is 2.78 bits per heavy atom. The Kier molecular flexibility index (Phi) is 4.17. The van der Waals surface area contributed by atoms with Crippen molar-refractivity contribution in [1.82, 2.24) is 9.97 Å². The highest BCUT2D eigenvalue weighted by Gasteiger charge is 2.15. The Balaban J connectivity index is 2.38. The van der Waals surface area contributed by atoms with E-state index in [-0.39, 0.29) is 0 Å². The van der Waals surface area contributed by atoms with Crippen molar-refractivity contribution >= 4 is 11.8 Å². The molecular weight excluding hydrogens is 248 g/mol. The van der Waals surface area contributed by atoms with Gasteiger partial charge in [0.25, 0.3) is 0 Å². The van der Waals surface area contributed by atoms with Crippen LogP contribution in [0.4, 0.5) is 0 Å². The summed E-state index contributed by atoms with van der Waals surface area (Å²) in [6, 6.07) is 5.66. The SMILES string of the molecule is COc1cccc(Sc2cnccn2)c1C(C)O. The van der Waals surface area contributed by atoms with E-state index >= 15 is 0 Å². The maximum Gasteiger partial charge on any atom is 0.125 e. The zero-order valence-corrected chi connectivity index (χ0v) is 11.0. The number of methoxy groups -OCH3 is 1. The number of aliphatic hydroxyl groups is 1. The van der Waals surface area contributed by atoms with Crippen molar-refractivity contribution in [2.45, 2.75) is 22.9 Å². The van der Waals surface area contributed by atoms with E-state index < -0.39 is 6.10 Å². The molecule has 0 aliphatic carbocycles. The van der Waals surface area contributed by atoms with Gasteiger partial charge in [-0.1, -0.05) is 17.8 Å². The number of nitrogens with zero attached hydrogens (tertiary/aromatic N) is 2. The van der Waals surface area contributed by atoms with E-state index in [0.717, 1.165) is 15.5 Å². The number of aromatic nitrogens is 2. The van der Waals surface area contributed by atoms with Gasteiger partial charge >= 0.3 is 0 Å². The van der Waals surface area contributed by atoms with E-state index in [0.29, 0.717) is 5.75 Å². The van der Waals surface area contributed by atoms with Crippen molar-refractivity contribution < 1.29 is 9.84 Å². The average Bonchev–Trinajstić information content (AvgIpc) is 2.39. The molecule has 0 saturated carbocycles. The van der Waals surface area contributed by atoms with Crippen LogP contribution < -0.4 is 4.74 Å². The van der Waals surface area contributed by atoms with Crippen molar-refractivity contribution in [2.75, 3.05) is 7.11 Å². The Morgan fingerprint density at radius 2 is 2.17 bits per heavy atom. The van der Waals surface area contributed by atoms with E-state index in [1.165, 1.54) is 11.8 Å². The summed E-state index contributed by atoms with van der Waals surface area (Å²) >= 11 is 1.46. The van der Waals surface area contributed by atoms with E-state index in [1.54, 1.807) is 32.6 Å². The first-order valence-corrected chi connectivity index (χ1v) is 6.33. The Morgan fingerprint density at radius 1 is 1.33 bits per heavy atom. The third-order valence-corrected chi connectivity index (χ3v) is 3.41. The molecule has 1 aromatic heterocycles. The second-order valence-corrected chi connectivity index (χ2v) is 4.76. The van der Waals surface area contributed by atoms with E-state index in [9.17, 15) is 5.11 Å². The standard InChI is InChI=1S/C13H14N2O2S/c1-9(16)13-10(17-2)4-3-5-11(13)18-12-8-14-6-7-15-12/h3-9,16H,1-2H3. The van der Waals surface area contributed by atoms with Gasteiger partial charge in [0.05, 0.1) is 19.4 Å². The summed E-state index contributed by atoms with van der Waals surface area (Å²) in [5, 5.41) is 10.6. The molecule has 1 atom stereocenters. The van der Waals surface area contributed by atoms with Gasteiger partial charge in [0.1, 0.15) is 10.8 Å². The molecule has 2 aromatic rings. The van der Waals surface area contributed by atoms with Crippen LogP contribution in [-0.4, -0.2) is 22.2 Å². The van der Waals surface area contributed by atoms with Crippen molar-refractivity contribution in [3.05, 3.63) is 42.4 Å². The highest BCUT2D eigenvalue weighted by molar-refractivity contribution is 7.99. The van der Waals surface area contributed by atoms with Gasteiger partial charge in [0.15, 0.2) is 0 Å². The van der Waals surface area contributed by atoms with Crippen molar-refractivity contribution in [3.63, 3.8) is 0 Å². The number of aliphatic hydroxyl groups excluding tert-OH is 1. The largest absolute Gasteiger partial charge is 0.496 e. The van der Waals surface area contributed by atoms with Crippen LogP contribution in [0.5, 0.6) is 5.75 Å². The first kappa shape index (κ1) is 12.9. The molecule has 18 heavy (non-hydrogen) atoms. The fourth-order valence-corrected chi connectivity index (χ4v) is 2.63. The summed E-state index contributed by atoms with van der Waals surface area (Å²) in [6.45, 7) is 1.72. The van der Waals surface area contributed by atoms with Gasteiger partial charge in [-0.3, -0.25) is 4.98 Å². The lowest BCUT2D eigenvalue weighted by atomic mass is 10.1. The maximum atomic E-state index is 9.87. The minimum atomic E-state index is -0.597. The number of benzene rings is 1. The van der Waals surface area contributed by atoms with Crippen LogP contribution in [0, 0.1) is 0 Å². The molecule has 94 valence electrons. The molecular formula is C13H14N2O2S. The first-order valence-electron chi connectivity index (χ1n) is 5.51. The molecule has 0 spiro atoms. The van der Waals surface area contributed by atoms with Crippen LogP contribution in [-0.2, 0) is 0 Å². The van der Waals surface area contributed by atoms with Crippen LogP contribution in [0.2, 0.25) is 0 Å². The van der Waals surface area contributed by atoms with Gasteiger partial charge in [-0.05, 0) is 19.1 Å². The second kappa shape index (κ2) is 5.84. The third kappa shape index (κ3) is 2.80. The van der Waals surface area contributed by atoms with Gasteiger partial charge in [-0.25, -0.2) is 4.98 Å². The lowest BCUT2D eigenvalue weighted by Crippen LogP contribution is -1.99. The summed E-state index contributed by atoms with van der Waals surface area (Å²) in [4.78, 5) is 9.15. The quantitative estimate of drug-likeness (QED) is 0.918. The minimum absolute atomic E-state index is 0.597. The molecule has 1 heterocycles. The van der Waals surface area contributed by atoms with Crippen LogP contribution in [0.15, 0.2) is 46.7 Å². The molecule has 2 rings (SSSR count). The van der Waals surface area contributed by atoms with Crippen LogP contribution in [0.1, 0.15) is 18.6 Å². The molecule has 0 saturated heterocycles. The Bertz CT molecular complexity index is 518. The normalized spacial score (nSPS) is 12.2. The Labute approximate surface area is 110 Å². The maximum absolute atomic E-state index is 9.87. The van der Waals surface area contributed by atoms with E-state index in [1.807, 2.05) is 18.2 Å². The lowest BCUT2D eigenvalue weighted by molar-refractivity contribution is 0.191. The zero-order valence-electron chi connectivity index (χ0n) is 10.2. The third-order valence-electron chi connectivity index (χ3n) is 2.42. The number of rotatable bonds is 4. The van der Waals surface area contributed by atoms with Gasteiger partial charge < -0.3 is 9.84 Å². The average molecular weight is 262 g/mol. The monoisotopic (exact) mass is 262 g/mol. The van der Waals surface area contributed by atoms with Crippen molar-refractivity contribution in [1.29, 1.82) is 0 Å². The number of hydrogen-bond donors (Lipinski definition) is 1. The highest BCUT2D eigenvalue weighted by Crippen LogP contribution is 2.37. The van der Waals surface area contributed by atoms with Crippen LogP contribution in [0.3, 0.4) is 0 Å². The van der Waals surface area contributed by atoms with Gasteiger partial charge in [0.2, 0.25) is 0 Å². The molecule has 1 aromatic carbocycles. The predicted molar refractivity (Wildman–Crippen MR) is 69.8 cm³/mol. The van der Waals surface area contributed by atoms with Crippen molar-refractivity contribution in [3.8, 4) is 5.75 Å². The van der Waals surface area contributed by atoms with Crippen LogP contribution >= 0.6 is 11.8 Å². The number of ether oxygens (including phenoxy) is 1. The highest BCUT2D eigenvalue weighted by atomic mass is 32.2.